The third-order valence-electron chi connectivity index (χ3n) is 3.22. The van der Waals surface area contributed by atoms with Crippen molar-refractivity contribution in [3.63, 3.8) is 0 Å². The summed E-state index contributed by atoms with van der Waals surface area (Å²) in [5, 5.41) is 31.9. The van der Waals surface area contributed by atoms with Crippen molar-refractivity contribution >= 4 is 17.6 Å². The number of nitrogens with zero attached hydrogens (tertiary/aromatic N) is 1. The van der Waals surface area contributed by atoms with E-state index >= 15 is 0 Å². The van der Waals surface area contributed by atoms with Gasteiger partial charge in [0.1, 0.15) is 18.3 Å². The second kappa shape index (κ2) is 7.96. The minimum atomic E-state index is -1.25. The van der Waals surface area contributed by atoms with E-state index in [0.29, 0.717) is 0 Å². The maximum Gasteiger partial charge on any atom is 0.317 e. The lowest BCUT2D eigenvalue weighted by atomic mass is 9.95. The van der Waals surface area contributed by atoms with E-state index in [2.05, 4.69) is 5.32 Å². The normalized spacial score (nSPS) is 33.8. The predicted molar refractivity (Wildman–Crippen MR) is 70.4 cm³/mol. The number of likely N-dealkylation sites (N-methyl/N-ethyl adjacent to an activating group) is 1. The van der Waals surface area contributed by atoms with Crippen LogP contribution in [0.1, 0.15) is 0 Å². The average Bonchev–Trinajstić information content (AvgIpc) is 2.45. The van der Waals surface area contributed by atoms with E-state index in [1.807, 2.05) is 0 Å². The number of halogens is 1. The van der Waals surface area contributed by atoms with Crippen molar-refractivity contribution in [2.24, 2.45) is 0 Å². The molecular formula is C11H21ClN2O6. The molecule has 8 nitrogen and oxygen atoms in total. The zero-order chi connectivity index (χ0) is 15.3. The van der Waals surface area contributed by atoms with Gasteiger partial charge in [0.05, 0.1) is 12.6 Å². The molecular weight excluding hydrogens is 292 g/mol. The van der Waals surface area contributed by atoms with Crippen molar-refractivity contribution in [3.8, 4) is 0 Å². The van der Waals surface area contributed by atoms with Crippen molar-refractivity contribution in [1.82, 2.24) is 10.2 Å². The van der Waals surface area contributed by atoms with Gasteiger partial charge in [0, 0.05) is 26.6 Å². The zero-order valence-electron chi connectivity index (χ0n) is 11.4. The SMILES string of the molecule is CO[C@H]1O[C@H](CO)[C@@H](O)[C@@H](N(C)C(=O)NCCCl)[C@H]1O. The minimum Gasteiger partial charge on any atom is -0.394 e. The fraction of sp³-hybridized carbons (Fsp3) is 0.909. The maximum atomic E-state index is 11.9. The molecule has 5 atom stereocenters. The van der Waals surface area contributed by atoms with Crippen LogP contribution in [0, 0.1) is 0 Å². The van der Waals surface area contributed by atoms with Gasteiger partial charge >= 0.3 is 6.03 Å². The third-order valence-corrected chi connectivity index (χ3v) is 3.41. The van der Waals surface area contributed by atoms with Crippen LogP contribution in [0.2, 0.25) is 0 Å². The number of nitrogens with one attached hydrogen (secondary N) is 1. The third kappa shape index (κ3) is 3.72. The first-order valence-corrected chi connectivity index (χ1v) is 6.73. The van der Waals surface area contributed by atoms with Crippen LogP contribution in [0.3, 0.4) is 0 Å². The molecule has 118 valence electrons. The summed E-state index contributed by atoms with van der Waals surface area (Å²) in [5.74, 6) is 0.248. The maximum absolute atomic E-state index is 11.9. The Hall–Kier alpha value is -0.640. The number of carbonyl (C=O) groups is 1. The quantitative estimate of drug-likeness (QED) is 0.451. The van der Waals surface area contributed by atoms with Gasteiger partial charge in [-0.3, -0.25) is 0 Å². The van der Waals surface area contributed by atoms with Gasteiger partial charge in [0.25, 0.3) is 0 Å². The summed E-state index contributed by atoms with van der Waals surface area (Å²) in [6.45, 7) is -0.196. The Morgan fingerprint density at radius 2 is 2.10 bits per heavy atom. The number of aliphatic hydroxyl groups is 3. The lowest BCUT2D eigenvalue weighted by molar-refractivity contribution is -0.279. The molecule has 0 aromatic carbocycles. The number of urea groups is 1. The van der Waals surface area contributed by atoms with E-state index in [1.165, 1.54) is 14.2 Å². The number of methoxy groups -OCH3 is 1. The Morgan fingerprint density at radius 1 is 1.45 bits per heavy atom. The molecule has 20 heavy (non-hydrogen) atoms. The summed E-state index contributed by atoms with van der Waals surface area (Å²) in [4.78, 5) is 13.0. The molecule has 0 aromatic rings. The molecule has 0 spiro atoms. The predicted octanol–water partition coefficient (Wildman–Crippen LogP) is -1.68. The number of aliphatic hydroxyl groups excluding tert-OH is 3. The molecule has 0 aliphatic carbocycles. The van der Waals surface area contributed by atoms with Crippen molar-refractivity contribution in [2.45, 2.75) is 30.6 Å². The first-order valence-electron chi connectivity index (χ1n) is 6.19. The Bertz CT molecular complexity index is 305. The van der Waals surface area contributed by atoms with Crippen LogP contribution in [-0.2, 0) is 9.47 Å². The number of amides is 2. The molecule has 0 bridgehead atoms. The number of hydrogen-bond donors (Lipinski definition) is 4. The van der Waals surface area contributed by atoms with Crippen LogP contribution in [-0.4, -0.2) is 90.1 Å². The Labute approximate surface area is 122 Å². The second-order valence-corrected chi connectivity index (χ2v) is 4.84. The first-order chi connectivity index (χ1) is 9.47. The van der Waals surface area contributed by atoms with Crippen LogP contribution >= 0.6 is 11.6 Å². The Kier molecular flexibility index (Phi) is 6.93. The van der Waals surface area contributed by atoms with Gasteiger partial charge in [0.15, 0.2) is 6.29 Å². The number of alkyl halides is 1. The number of carbonyl (C=O) groups excluding carboxylic acids is 1. The van der Waals surface area contributed by atoms with E-state index in [4.69, 9.17) is 21.1 Å². The molecule has 1 aliphatic rings. The standard InChI is InChI=1S/C11H21ClN2O6/c1-14(11(18)13-4-3-12)7-8(16)6(5-15)20-10(19-2)9(7)17/h6-10,15-17H,3-5H2,1-2H3,(H,13,18)/t6-,7-,8-,9-,10+/m1/s1. The summed E-state index contributed by atoms with van der Waals surface area (Å²) in [5.41, 5.74) is 0. The highest BCUT2D eigenvalue weighted by atomic mass is 35.5. The molecule has 0 aromatic heterocycles. The summed E-state index contributed by atoms with van der Waals surface area (Å²) in [6, 6.07) is -1.47. The summed E-state index contributed by atoms with van der Waals surface area (Å²) >= 11 is 5.48. The topological polar surface area (TPSA) is 111 Å². The van der Waals surface area contributed by atoms with Gasteiger partial charge in [-0.05, 0) is 0 Å². The lowest BCUT2D eigenvalue weighted by Gasteiger charge is -2.45. The molecule has 0 unspecified atom stereocenters. The van der Waals surface area contributed by atoms with E-state index in [9.17, 15) is 20.1 Å². The molecule has 0 radical (unpaired) electrons. The lowest BCUT2D eigenvalue weighted by Crippen LogP contribution is -2.66. The highest BCUT2D eigenvalue weighted by molar-refractivity contribution is 6.18. The highest BCUT2D eigenvalue weighted by Gasteiger charge is 2.47. The van der Waals surface area contributed by atoms with Gasteiger partial charge in [-0.25, -0.2) is 4.79 Å². The largest absolute Gasteiger partial charge is 0.394 e. The first kappa shape index (κ1) is 17.4. The van der Waals surface area contributed by atoms with Crippen molar-refractivity contribution in [1.29, 1.82) is 0 Å². The van der Waals surface area contributed by atoms with Crippen LogP contribution < -0.4 is 5.32 Å². The van der Waals surface area contributed by atoms with Crippen molar-refractivity contribution in [2.75, 3.05) is 33.2 Å². The average molecular weight is 313 g/mol. The summed E-state index contributed by atoms with van der Waals surface area (Å²) < 4.78 is 10.2. The van der Waals surface area contributed by atoms with Crippen LogP contribution in [0.25, 0.3) is 0 Å². The second-order valence-electron chi connectivity index (χ2n) is 4.46. The molecule has 1 saturated heterocycles. The molecule has 2 amide bonds. The number of hydrogen-bond acceptors (Lipinski definition) is 6. The van der Waals surface area contributed by atoms with Crippen LogP contribution in [0.5, 0.6) is 0 Å². The Balaban J connectivity index is 2.83. The minimum absolute atomic E-state index is 0.248. The van der Waals surface area contributed by atoms with Gasteiger partial charge in [0.2, 0.25) is 0 Å². The van der Waals surface area contributed by atoms with Crippen LogP contribution in [0.15, 0.2) is 0 Å². The van der Waals surface area contributed by atoms with Gasteiger partial charge in [-0.2, -0.15) is 0 Å². The molecule has 1 rings (SSSR count). The molecule has 1 fully saturated rings. The van der Waals surface area contributed by atoms with E-state index in [0.717, 1.165) is 4.90 Å². The fourth-order valence-corrected chi connectivity index (χ4v) is 2.23. The molecule has 9 heteroatoms. The van der Waals surface area contributed by atoms with E-state index < -0.39 is 43.3 Å². The molecule has 4 N–H and O–H groups in total. The fourth-order valence-electron chi connectivity index (χ4n) is 2.13. The van der Waals surface area contributed by atoms with Crippen molar-refractivity contribution < 1.29 is 29.6 Å². The van der Waals surface area contributed by atoms with Gasteiger partial charge in [-0.15, -0.1) is 11.6 Å². The molecule has 1 heterocycles. The van der Waals surface area contributed by atoms with Gasteiger partial charge in [-0.1, -0.05) is 0 Å². The Morgan fingerprint density at radius 3 is 2.60 bits per heavy atom. The molecule has 1 aliphatic heterocycles. The monoisotopic (exact) mass is 312 g/mol. The van der Waals surface area contributed by atoms with Gasteiger partial charge < -0.3 is 35.0 Å². The summed E-state index contributed by atoms with van der Waals surface area (Å²) in [7, 11) is 2.75. The van der Waals surface area contributed by atoms with E-state index in [-0.39, 0.29) is 12.4 Å². The summed E-state index contributed by atoms with van der Waals surface area (Å²) in [6.07, 6.45) is -4.47. The zero-order valence-corrected chi connectivity index (χ0v) is 12.2. The van der Waals surface area contributed by atoms with E-state index in [1.54, 1.807) is 0 Å². The number of ether oxygens (including phenoxy) is 2. The highest BCUT2D eigenvalue weighted by Crippen LogP contribution is 2.25. The smallest absolute Gasteiger partial charge is 0.317 e. The number of rotatable bonds is 5. The molecule has 0 saturated carbocycles. The van der Waals surface area contributed by atoms with Crippen molar-refractivity contribution in [3.05, 3.63) is 0 Å². The van der Waals surface area contributed by atoms with Crippen LogP contribution in [0.4, 0.5) is 4.79 Å².